The van der Waals surface area contributed by atoms with Crippen molar-refractivity contribution in [1.82, 2.24) is 9.55 Å². The van der Waals surface area contributed by atoms with E-state index in [0.29, 0.717) is 34.5 Å². The second-order valence-corrected chi connectivity index (χ2v) is 8.95. The molecule has 1 aliphatic heterocycles. The number of carbonyl (C=O) groups excluding carboxylic acids is 1. The zero-order valence-electron chi connectivity index (χ0n) is 20.6. The summed E-state index contributed by atoms with van der Waals surface area (Å²) < 4.78 is 25.1. The van der Waals surface area contributed by atoms with Crippen molar-refractivity contribution >= 4 is 23.0 Å². The first-order valence-electron chi connectivity index (χ1n) is 12.0. The van der Waals surface area contributed by atoms with Crippen LogP contribution in [0.25, 0.3) is 11.0 Å². The number of imidazole rings is 1. The highest BCUT2D eigenvalue weighted by atomic mass is 16.5. The number of benzene rings is 2. The van der Waals surface area contributed by atoms with Crippen molar-refractivity contribution in [2.24, 2.45) is 0 Å². The predicted molar refractivity (Wildman–Crippen MR) is 133 cm³/mol. The highest BCUT2D eigenvalue weighted by Gasteiger charge is 2.38. The molecule has 35 heavy (non-hydrogen) atoms. The van der Waals surface area contributed by atoms with Gasteiger partial charge in [-0.05, 0) is 56.9 Å². The van der Waals surface area contributed by atoms with Gasteiger partial charge in [0, 0.05) is 11.3 Å². The summed E-state index contributed by atoms with van der Waals surface area (Å²) in [5.74, 6) is 1.84. The molecule has 1 N–H and O–H groups in total. The normalized spacial score (nSPS) is 18.1. The fourth-order valence-electron chi connectivity index (χ4n) is 5.26. The van der Waals surface area contributed by atoms with Crippen molar-refractivity contribution in [3.63, 3.8) is 0 Å². The molecule has 1 aromatic heterocycles. The number of carbonyl (C=O) groups is 1. The van der Waals surface area contributed by atoms with Crippen LogP contribution in [0.4, 0.5) is 5.95 Å². The fourth-order valence-corrected chi connectivity index (χ4v) is 5.26. The number of methoxy groups -OCH3 is 3. The number of esters is 1. The minimum atomic E-state index is -0.538. The Labute approximate surface area is 204 Å². The molecule has 0 radical (unpaired) electrons. The molecule has 3 aromatic rings. The number of nitrogens with zero attached hydrogens (tertiary/aromatic N) is 2. The molecule has 0 unspecified atom stereocenters. The molecule has 2 heterocycles. The average molecular weight is 478 g/mol. The van der Waals surface area contributed by atoms with Gasteiger partial charge >= 0.3 is 5.97 Å². The summed E-state index contributed by atoms with van der Waals surface area (Å²) in [6.07, 6.45) is 5.08. The highest BCUT2D eigenvalue weighted by molar-refractivity contribution is 5.94. The molecule has 184 valence electrons. The van der Waals surface area contributed by atoms with E-state index in [1.807, 2.05) is 47.9 Å². The molecule has 0 spiro atoms. The Hall–Kier alpha value is -3.68. The average Bonchev–Trinajstić information content (AvgIpc) is 3.25. The van der Waals surface area contributed by atoms with Crippen LogP contribution in [0.2, 0.25) is 0 Å². The van der Waals surface area contributed by atoms with E-state index >= 15 is 0 Å². The van der Waals surface area contributed by atoms with E-state index in [0.717, 1.165) is 42.3 Å². The Morgan fingerprint density at radius 3 is 2.43 bits per heavy atom. The summed E-state index contributed by atoms with van der Waals surface area (Å²) in [6.45, 7) is 1.89. The van der Waals surface area contributed by atoms with Crippen molar-refractivity contribution in [2.45, 2.75) is 51.2 Å². The van der Waals surface area contributed by atoms with Gasteiger partial charge in [-0.2, -0.15) is 0 Å². The Morgan fingerprint density at radius 2 is 1.71 bits per heavy atom. The summed E-state index contributed by atoms with van der Waals surface area (Å²) >= 11 is 0. The van der Waals surface area contributed by atoms with Crippen LogP contribution in [0, 0.1) is 0 Å². The summed E-state index contributed by atoms with van der Waals surface area (Å²) in [5, 5.41) is 3.34. The standard InChI is InChI=1S/C27H31N3O5/c1-16-22(26(31)35-17-10-6-5-7-11-17)23(18-14-15-21(32-2)25(34-4)24(18)33-3)30-20-13-9-8-12-19(20)29-27(30)28-16/h8-9,12-15,17,23H,5-7,10-11H2,1-4H3,(H,28,29)/t23-/m1/s1. The van der Waals surface area contributed by atoms with Gasteiger partial charge in [0.1, 0.15) is 6.10 Å². The molecule has 1 aliphatic carbocycles. The molecule has 1 saturated carbocycles. The van der Waals surface area contributed by atoms with Crippen molar-refractivity contribution in [2.75, 3.05) is 26.6 Å². The number of para-hydroxylation sites is 2. The summed E-state index contributed by atoms with van der Waals surface area (Å²) in [4.78, 5) is 18.5. The first kappa shape index (κ1) is 23.1. The van der Waals surface area contributed by atoms with Gasteiger partial charge in [-0.15, -0.1) is 0 Å². The highest BCUT2D eigenvalue weighted by Crippen LogP contribution is 2.48. The number of nitrogens with one attached hydrogen (secondary N) is 1. The van der Waals surface area contributed by atoms with Crippen LogP contribution in [0.3, 0.4) is 0 Å². The fraction of sp³-hybridized carbons (Fsp3) is 0.407. The van der Waals surface area contributed by atoms with Gasteiger partial charge in [-0.3, -0.25) is 4.57 Å². The number of allylic oxidation sites excluding steroid dienone is 1. The van der Waals surface area contributed by atoms with E-state index in [2.05, 4.69) is 5.32 Å². The van der Waals surface area contributed by atoms with Crippen molar-refractivity contribution in [3.8, 4) is 17.2 Å². The van der Waals surface area contributed by atoms with E-state index in [1.54, 1.807) is 21.3 Å². The third kappa shape index (κ3) is 3.96. The van der Waals surface area contributed by atoms with Gasteiger partial charge in [-0.25, -0.2) is 9.78 Å². The van der Waals surface area contributed by atoms with Crippen LogP contribution in [0.1, 0.15) is 50.6 Å². The number of anilines is 1. The van der Waals surface area contributed by atoms with Gasteiger partial charge in [0.2, 0.25) is 11.7 Å². The Kier molecular flexibility index (Phi) is 6.28. The second-order valence-electron chi connectivity index (χ2n) is 8.95. The Balaban J connectivity index is 1.70. The van der Waals surface area contributed by atoms with Crippen molar-refractivity contribution < 1.29 is 23.7 Å². The number of ether oxygens (including phenoxy) is 4. The predicted octanol–water partition coefficient (Wildman–Crippen LogP) is 5.23. The number of fused-ring (bicyclic) bond motifs is 3. The third-order valence-electron chi connectivity index (χ3n) is 6.91. The van der Waals surface area contributed by atoms with E-state index in [9.17, 15) is 4.79 Å². The van der Waals surface area contributed by atoms with Crippen LogP contribution >= 0.6 is 0 Å². The number of hydrogen-bond donors (Lipinski definition) is 1. The lowest BCUT2D eigenvalue weighted by Gasteiger charge is -2.32. The van der Waals surface area contributed by atoms with Gasteiger partial charge < -0.3 is 24.3 Å². The largest absolute Gasteiger partial charge is 0.493 e. The SMILES string of the molecule is COc1ccc([C@@H]2C(C(=O)OC3CCCCC3)=C(C)Nc3nc4ccccc4n32)c(OC)c1OC. The first-order chi connectivity index (χ1) is 17.1. The van der Waals surface area contributed by atoms with Crippen LogP contribution in [-0.4, -0.2) is 43.0 Å². The zero-order chi connectivity index (χ0) is 24.5. The molecule has 1 fully saturated rings. The lowest BCUT2D eigenvalue weighted by molar-refractivity contribution is -0.146. The maximum atomic E-state index is 13.8. The van der Waals surface area contributed by atoms with E-state index in [4.69, 9.17) is 23.9 Å². The molecule has 1 atom stereocenters. The smallest absolute Gasteiger partial charge is 0.338 e. The Morgan fingerprint density at radius 1 is 0.971 bits per heavy atom. The lowest BCUT2D eigenvalue weighted by Crippen LogP contribution is -2.31. The summed E-state index contributed by atoms with van der Waals surface area (Å²) in [6, 6.07) is 11.1. The molecular weight excluding hydrogens is 446 g/mol. The quantitative estimate of drug-likeness (QED) is 0.487. The van der Waals surface area contributed by atoms with Crippen molar-refractivity contribution in [3.05, 3.63) is 53.2 Å². The molecule has 2 aliphatic rings. The molecule has 5 rings (SSSR count). The van der Waals surface area contributed by atoms with Gasteiger partial charge in [0.25, 0.3) is 0 Å². The molecule has 8 heteroatoms. The number of aromatic nitrogens is 2. The van der Waals surface area contributed by atoms with E-state index < -0.39 is 6.04 Å². The molecule has 0 amide bonds. The van der Waals surface area contributed by atoms with Crippen LogP contribution in [-0.2, 0) is 9.53 Å². The summed E-state index contributed by atoms with van der Waals surface area (Å²) in [5.41, 5.74) is 3.71. The van der Waals surface area contributed by atoms with Gasteiger partial charge in [0.05, 0.1) is 44.0 Å². The molecule has 2 aromatic carbocycles. The topological polar surface area (TPSA) is 83.8 Å². The molecule has 0 saturated heterocycles. The van der Waals surface area contributed by atoms with Crippen LogP contribution in [0.5, 0.6) is 17.2 Å². The third-order valence-corrected chi connectivity index (χ3v) is 6.91. The van der Waals surface area contributed by atoms with E-state index in [-0.39, 0.29) is 12.1 Å². The second kappa shape index (κ2) is 9.52. The molecular formula is C27H31N3O5. The summed E-state index contributed by atoms with van der Waals surface area (Å²) in [7, 11) is 4.75. The van der Waals surface area contributed by atoms with E-state index in [1.165, 1.54) is 6.42 Å². The van der Waals surface area contributed by atoms with Gasteiger partial charge in [0.15, 0.2) is 11.5 Å². The first-order valence-corrected chi connectivity index (χ1v) is 12.0. The van der Waals surface area contributed by atoms with Crippen LogP contribution in [0.15, 0.2) is 47.7 Å². The maximum Gasteiger partial charge on any atom is 0.338 e. The van der Waals surface area contributed by atoms with Gasteiger partial charge in [-0.1, -0.05) is 18.6 Å². The number of hydrogen-bond acceptors (Lipinski definition) is 7. The minimum absolute atomic E-state index is 0.0644. The number of rotatable bonds is 6. The molecule has 0 bridgehead atoms. The maximum absolute atomic E-state index is 13.8. The zero-order valence-corrected chi connectivity index (χ0v) is 20.6. The minimum Gasteiger partial charge on any atom is -0.493 e. The monoisotopic (exact) mass is 477 g/mol. The molecule has 8 nitrogen and oxygen atoms in total. The lowest BCUT2D eigenvalue weighted by atomic mass is 9.93. The van der Waals surface area contributed by atoms with Crippen molar-refractivity contribution in [1.29, 1.82) is 0 Å². The Bertz CT molecular complexity index is 1290. The van der Waals surface area contributed by atoms with Crippen LogP contribution < -0.4 is 19.5 Å².